The molecule has 0 bridgehead atoms. The third-order valence-electron chi connectivity index (χ3n) is 2.01. The zero-order chi connectivity index (χ0) is 11.5. The topological polar surface area (TPSA) is 26.0 Å². The largest absolute Gasteiger partial charge is 0.399 e. The molecule has 0 unspecified atom stereocenters. The van der Waals surface area contributed by atoms with E-state index in [-0.39, 0.29) is 5.82 Å². The Balaban J connectivity index is 2.31. The van der Waals surface area contributed by atoms with E-state index in [2.05, 4.69) is 0 Å². The van der Waals surface area contributed by atoms with Gasteiger partial charge in [-0.2, -0.15) is 0 Å². The lowest BCUT2D eigenvalue weighted by Crippen LogP contribution is -1.87. The zero-order valence-corrected chi connectivity index (χ0v) is 9.86. The second-order valence-corrected chi connectivity index (χ2v) is 4.71. The van der Waals surface area contributed by atoms with Gasteiger partial charge in [0.15, 0.2) is 0 Å². The van der Waals surface area contributed by atoms with Gasteiger partial charge >= 0.3 is 0 Å². The minimum absolute atomic E-state index is 0.329. The van der Waals surface area contributed by atoms with Crippen LogP contribution in [0.2, 0.25) is 5.02 Å². The first kappa shape index (κ1) is 11.3. The van der Waals surface area contributed by atoms with E-state index in [9.17, 15) is 4.39 Å². The van der Waals surface area contributed by atoms with Crippen LogP contribution >= 0.6 is 23.4 Å². The van der Waals surface area contributed by atoms with Crippen molar-refractivity contribution in [3.05, 3.63) is 53.3 Å². The van der Waals surface area contributed by atoms with Crippen LogP contribution in [0.5, 0.6) is 0 Å². The highest BCUT2D eigenvalue weighted by Crippen LogP contribution is 2.34. The van der Waals surface area contributed by atoms with E-state index in [1.165, 1.54) is 17.8 Å². The van der Waals surface area contributed by atoms with Crippen molar-refractivity contribution in [1.82, 2.24) is 0 Å². The van der Waals surface area contributed by atoms with Gasteiger partial charge in [-0.1, -0.05) is 35.5 Å². The summed E-state index contributed by atoms with van der Waals surface area (Å²) in [4.78, 5) is 1.34. The maximum Gasteiger partial charge on any atom is 0.139 e. The first-order valence-electron chi connectivity index (χ1n) is 4.64. The van der Waals surface area contributed by atoms with Gasteiger partial charge in [-0.3, -0.25) is 0 Å². The Kier molecular flexibility index (Phi) is 3.36. The van der Waals surface area contributed by atoms with E-state index in [1.807, 2.05) is 18.2 Å². The van der Waals surface area contributed by atoms with E-state index in [0.29, 0.717) is 15.6 Å². The van der Waals surface area contributed by atoms with Crippen LogP contribution in [0.15, 0.2) is 52.3 Å². The molecule has 4 heteroatoms. The predicted molar refractivity (Wildman–Crippen MR) is 66.4 cm³/mol. The van der Waals surface area contributed by atoms with Crippen molar-refractivity contribution in [1.29, 1.82) is 0 Å². The summed E-state index contributed by atoms with van der Waals surface area (Å²) in [7, 11) is 0. The molecule has 0 fully saturated rings. The van der Waals surface area contributed by atoms with Gasteiger partial charge in [0.25, 0.3) is 0 Å². The molecule has 0 heterocycles. The minimum atomic E-state index is -0.329. The quantitative estimate of drug-likeness (QED) is 0.812. The summed E-state index contributed by atoms with van der Waals surface area (Å²) < 4.78 is 13.5. The molecule has 0 amide bonds. The van der Waals surface area contributed by atoms with E-state index >= 15 is 0 Å². The molecular formula is C12H9ClFNS. The summed E-state index contributed by atoms with van der Waals surface area (Å²) in [5.41, 5.74) is 5.89. The Bertz CT molecular complexity index is 516. The number of hydrogen-bond acceptors (Lipinski definition) is 2. The molecule has 0 aliphatic rings. The first-order chi connectivity index (χ1) is 7.66. The van der Waals surface area contributed by atoms with Crippen molar-refractivity contribution < 1.29 is 4.39 Å². The van der Waals surface area contributed by atoms with Crippen LogP contribution in [0.25, 0.3) is 0 Å². The second kappa shape index (κ2) is 4.76. The summed E-state index contributed by atoms with van der Waals surface area (Å²) in [6, 6.07) is 12.0. The molecule has 16 heavy (non-hydrogen) atoms. The Morgan fingerprint density at radius 3 is 2.50 bits per heavy atom. The van der Waals surface area contributed by atoms with E-state index < -0.39 is 0 Å². The SMILES string of the molecule is Nc1ccc(Sc2ccccc2Cl)c(F)c1. The molecule has 2 N–H and O–H groups in total. The van der Waals surface area contributed by atoms with Gasteiger partial charge in [0.05, 0.1) is 5.02 Å². The Morgan fingerprint density at radius 2 is 1.81 bits per heavy atom. The van der Waals surface area contributed by atoms with E-state index in [4.69, 9.17) is 17.3 Å². The van der Waals surface area contributed by atoms with Crippen LogP contribution < -0.4 is 5.73 Å². The molecule has 0 aliphatic carbocycles. The predicted octanol–water partition coefficient (Wildman–Crippen LogP) is 4.21. The molecule has 0 aromatic heterocycles. The standard InChI is InChI=1S/C12H9ClFNS/c13-9-3-1-2-4-11(9)16-12-6-5-8(15)7-10(12)14/h1-7H,15H2. The van der Waals surface area contributed by atoms with Crippen molar-refractivity contribution >= 4 is 29.1 Å². The van der Waals surface area contributed by atoms with Crippen molar-refractivity contribution in [2.24, 2.45) is 0 Å². The Hall–Kier alpha value is -1.19. The minimum Gasteiger partial charge on any atom is -0.399 e. The average molecular weight is 254 g/mol. The molecule has 0 saturated carbocycles. The van der Waals surface area contributed by atoms with Gasteiger partial charge in [0, 0.05) is 15.5 Å². The van der Waals surface area contributed by atoms with Gasteiger partial charge in [0.2, 0.25) is 0 Å². The van der Waals surface area contributed by atoms with Gasteiger partial charge in [-0.05, 0) is 30.3 Å². The molecule has 0 radical (unpaired) electrons. The van der Waals surface area contributed by atoms with Gasteiger partial charge in [0.1, 0.15) is 5.82 Å². The van der Waals surface area contributed by atoms with Crippen LogP contribution in [0, 0.1) is 5.82 Å². The highest BCUT2D eigenvalue weighted by atomic mass is 35.5. The van der Waals surface area contributed by atoms with Gasteiger partial charge in [-0.25, -0.2) is 4.39 Å². The zero-order valence-electron chi connectivity index (χ0n) is 8.28. The lowest BCUT2D eigenvalue weighted by Gasteiger charge is -2.05. The van der Waals surface area contributed by atoms with Crippen LogP contribution in [0.3, 0.4) is 0 Å². The molecule has 0 spiro atoms. The molecule has 2 aromatic carbocycles. The molecule has 1 nitrogen and oxygen atoms in total. The normalized spacial score (nSPS) is 10.4. The summed E-state index contributed by atoms with van der Waals surface area (Å²) in [5, 5.41) is 0.615. The molecule has 0 aliphatic heterocycles. The maximum absolute atomic E-state index is 13.5. The van der Waals surface area contributed by atoms with Gasteiger partial charge in [-0.15, -0.1) is 0 Å². The number of hydrogen-bond donors (Lipinski definition) is 1. The second-order valence-electron chi connectivity index (χ2n) is 3.22. The number of anilines is 1. The highest BCUT2D eigenvalue weighted by Gasteiger charge is 2.06. The third kappa shape index (κ3) is 2.49. The lowest BCUT2D eigenvalue weighted by molar-refractivity contribution is 0.603. The van der Waals surface area contributed by atoms with Crippen molar-refractivity contribution in [2.75, 3.05) is 5.73 Å². The van der Waals surface area contributed by atoms with E-state index in [1.54, 1.807) is 18.2 Å². The Morgan fingerprint density at radius 1 is 1.06 bits per heavy atom. The average Bonchev–Trinajstić information content (AvgIpc) is 2.25. The molecular weight excluding hydrogens is 245 g/mol. The van der Waals surface area contributed by atoms with Crippen molar-refractivity contribution in [3.63, 3.8) is 0 Å². The maximum atomic E-state index is 13.5. The molecule has 2 rings (SSSR count). The van der Waals surface area contributed by atoms with Gasteiger partial charge < -0.3 is 5.73 Å². The summed E-state index contributed by atoms with van der Waals surface area (Å²) >= 11 is 7.28. The van der Waals surface area contributed by atoms with Crippen LogP contribution in [-0.4, -0.2) is 0 Å². The molecule has 2 aromatic rings. The van der Waals surface area contributed by atoms with Crippen LogP contribution in [-0.2, 0) is 0 Å². The molecule has 0 atom stereocenters. The fraction of sp³-hybridized carbons (Fsp3) is 0. The fourth-order valence-electron chi connectivity index (χ4n) is 1.25. The summed E-state index contributed by atoms with van der Waals surface area (Å²) in [5.74, 6) is -0.329. The summed E-state index contributed by atoms with van der Waals surface area (Å²) in [6.07, 6.45) is 0. The Labute approximate surface area is 102 Å². The van der Waals surface area contributed by atoms with E-state index in [0.717, 1.165) is 4.90 Å². The van der Waals surface area contributed by atoms with Crippen LogP contribution in [0.1, 0.15) is 0 Å². The number of nitrogens with two attached hydrogens (primary N) is 1. The monoisotopic (exact) mass is 253 g/mol. The number of halogens is 2. The molecule has 0 saturated heterocycles. The van der Waals surface area contributed by atoms with Crippen molar-refractivity contribution in [2.45, 2.75) is 9.79 Å². The lowest BCUT2D eigenvalue weighted by atomic mass is 10.3. The first-order valence-corrected chi connectivity index (χ1v) is 5.83. The van der Waals surface area contributed by atoms with Crippen molar-refractivity contribution in [3.8, 4) is 0 Å². The smallest absolute Gasteiger partial charge is 0.139 e. The molecule has 82 valence electrons. The summed E-state index contributed by atoms with van der Waals surface area (Å²) in [6.45, 7) is 0. The number of benzene rings is 2. The number of rotatable bonds is 2. The number of nitrogen functional groups attached to an aromatic ring is 1. The highest BCUT2D eigenvalue weighted by molar-refractivity contribution is 7.99. The van der Waals surface area contributed by atoms with Crippen LogP contribution in [0.4, 0.5) is 10.1 Å². The fourth-order valence-corrected chi connectivity index (χ4v) is 2.34. The third-order valence-corrected chi connectivity index (χ3v) is 3.58.